The molecule has 0 bridgehead atoms. The lowest BCUT2D eigenvalue weighted by Gasteiger charge is -2.49. The largest absolute Gasteiger partial charge is 0.448 e. The minimum absolute atomic E-state index is 0.251. The van der Waals surface area contributed by atoms with Crippen LogP contribution in [0.5, 0.6) is 0 Å². The van der Waals surface area contributed by atoms with Crippen LogP contribution in [0.1, 0.15) is 44.4 Å². The Morgan fingerprint density at radius 2 is 1.76 bits per heavy atom. The molecule has 2 amide bonds. The van der Waals surface area contributed by atoms with Gasteiger partial charge in [0.25, 0.3) is 5.91 Å². The van der Waals surface area contributed by atoms with Crippen molar-refractivity contribution in [2.24, 2.45) is 0 Å². The number of carbonyl (C=O) groups is 3. The fourth-order valence-electron chi connectivity index (χ4n) is 4.54. The number of hydrogen-bond acceptors (Lipinski definition) is 10. The van der Waals surface area contributed by atoms with Gasteiger partial charge in [-0.05, 0) is 55.4 Å². The molecule has 0 saturated carbocycles. The maximum absolute atomic E-state index is 14.0. The molecule has 41 heavy (non-hydrogen) atoms. The zero-order valence-corrected chi connectivity index (χ0v) is 25.3. The molecule has 1 N–H and O–H groups in total. The highest BCUT2D eigenvalue weighted by molar-refractivity contribution is 8.01. The highest BCUT2D eigenvalue weighted by atomic mass is 32.2. The fraction of sp³-hybridized carbons (Fsp3) is 0.345. The van der Waals surface area contributed by atoms with Crippen molar-refractivity contribution >= 4 is 53.0 Å². The maximum atomic E-state index is 14.0. The standard InChI is InChI=1S/C29H30N4O5S3/c1-29(2,3)38-28(36)31-22-25(34)33-23(20(17-40-26(22)33)14-15-39-21-16-30-32-41-21)27(35)37-24(18-10-6-4-7-11-18)19-12-8-5-9-13-19/h4-13,16,22,24,26H,14-15,17H2,1-3H3,(H,31,36)/t22-,26-/m1/s1. The predicted molar refractivity (Wildman–Crippen MR) is 159 cm³/mol. The number of rotatable bonds is 9. The summed E-state index contributed by atoms with van der Waals surface area (Å²) in [6, 6.07) is 18.3. The van der Waals surface area contributed by atoms with Gasteiger partial charge in [-0.1, -0.05) is 65.2 Å². The summed E-state index contributed by atoms with van der Waals surface area (Å²) in [4.78, 5) is 41.3. The van der Waals surface area contributed by atoms with E-state index in [9.17, 15) is 14.4 Å². The molecule has 2 atom stereocenters. The van der Waals surface area contributed by atoms with E-state index >= 15 is 0 Å². The van der Waals surface area contributed by atoms with Gasteiger partial charge < -0.3 is 14.8 Å². The van der Waals surface area contributed by atoms with Crippen molar-refractivity contribution in [3.63, 3.8) is 0 Å². The smallest absolute Gasteiger partial charge is 0.408 e. The molecule has 1 fully saturated rings. The van der Waals surface area contributed by atoms with E-state index in [1.807, 2.05) is 60.7 Å². The van der Waals surface area contributed by atoms with Crippen LogP contribution in [0.3, 0.4) is 0 Å². The van der Waals surface area contributed by atoms with Gasteiger partial charge in [0.1, 0.15) is 26.9 Å². The van der Waals surface area contributed by atoms with Gasteiger partial charge in [0.05, 0.1) is 6.20 Å². The quantitative estimate of drug-likeness (QED) is 0.193. The molecule has 12 heteroatoms. The summed E-state index contributed by atoms with van der Waals surface area (Å²) < 4.78 is 16.4. The summed E-state index contributed by atoms with van der Waals surface area (Å²) >= 11 is 4.42. The van der Waals surface area contributed by atoms with E-state index < -0.39 is 35.2 Å². The minimum atomic E-state index is -0.795. The molecule has 0 radical (unpaired) electrons. The van der Waals surface area contributed by atoms with Crippen molar-refractivity contribution in [2.45, 2.75) is 54.5 Å². The number of nitrogens with zero attached hydrogens (tertiary/aromatic N) is 3. The summed E-state index contributed by atoms with van der Waals surface area (Å²) in [6.45, 7) is 5.28. The number of hydrogen-bond donors (Lipinski definition) is 1. The fourth-order valence-corrected chi connectivity index (χ4v) is 7.43. The van der Waals surface area contributed by atoms with Gasteiger partial charge in [-0.15, -0.1) is 28.6 Å². The summed E-state index contributed by atoms with van der Waals surface area (Å²) in [5.41, 5.74) is 2.02. The van der Waals surface area contributed by atoms with Gasteiger partial charge >= 0.3 is 12.1 Å². The molecule has 5 rings (SSSR count). The van der Waals surface area contributed by atoms with Gasteiger partial charge in [0.2, 0.25) is 0 Å². The van der Waals surface area contributed by atoms with Crippen LogP contribution >= 0.6 is 35.1 Å². The monoisotopic (exact) mass is 610 g/mol. The lowest BCUT2D eigenvalue weighted by molar-refractivity contribution is -0.153. The van der Waals surface area contributed by atoms with Crippen molar-refractivity contribution in [3.8, 4) is 0 Å². The average Bonchev–Trinajstić information content (AvgIpc) is 3.48. The highest BCUT2D eigenvalue weighted by Gasteiger charge is 2.55. The molecule has 2 aromatic carbocycles. The van der Waals surface area contributed by atoms with E-state index in [0.717, 1.165) is 20.9 Å². The molecule has 9 nitrogen and oxygen atoms in total. The molecule has 2 aliphatic rings. The number of amides is 2. The normalized spacial score (nSPS) is 18.5. The second kappa shape index (κ2) is 12.7. The predicted octanol–water partition coefficient (Wildman–Crippen LogP) is 5.42. The number of carbonyl (C=O) groups excluding carboxylic acids is 3. The van der Waals surface area contributed by atoms with E-state index in [1.165, 1.54) is 28.2 Å². The van der Waals surface area contributed by atoms with Crippen molar-refractivity contribution in [1.82, 2.24) is 19.8 Å². The van der Waals surface area contributed by atoms with Crippen molar-refractivity contribution < 1.29 is 23.9 Å². The molecule has 214 valence electrons. The van der Waals surface area contributed by atoms with Crippen LogP contribution in [0.15, 0.2) is 82.3 Å². The summed E-state index contributed by atoms with van der Waals surface area (Å²) in [7, 11) is 0. The SMILES string of the molecule is CC(C)(C)OC(=O)N[C@@H]1C(=O)N2C(C(=O)OC(c3ccccc3)c3ccccc3)=C(CCSc3cnns3)CS[C@H]12. The second-order valence-corrected chi connectivity index (χ2v) is 13.7. The molecule has 1 saturated heterocycles. The van der Waals surface area contributed by atoms with Gasteiger partial charge in [0.15, 0.2) is 6.10 Å². The maximum Gasteiger partial charge on any atom is 0.408 e. The van der Waals surface area contributed by atoms with Crippen molar-refractivity contribution in [1.29, 1.82) is 0 Å². The highest BCUT2D eigenvalue weighted by Crippen LogP contribution is 2.43. The number of ether oxygens (including phenoxy) is 2. The Kier molecular flexibility index (Phi) is 9.00. The van der Waals surface area contributed by atoms with Crippen LogP contribution in [0.25, 0.3) is 0 Å². The van der Waals surface area contributed by atoms with Crippen LogP contribution in [0.2, 0.25) is 0 Å². The van der Waals surface area contributed by atoms with Crippen LogP contribution in [0, 0.1) is 0 Å². The first-order chi connectivity index (χ1) is 19.7. The Labute approximate surface area is 251 Å². The van der Waals surface area contributed by atoms with Crippen molar-refractivity contribution in [3.05, 3.63) is 89.3 Å². The summed E-state index contributed by atoms with van der Waals surface area (Å²) in [5.74, 6) is 0.266. The number of nitrogens with one attached hydrogen (secondary N) is 1. The number of thioether (sulfide) groups is 2. The molecule has 0 spiro atoms. The number of benzene rings is 2. The molecule has 3 heterocycles. The first kappa shape index (κ1) is 29.2. The van der Waals surface area contributed by atoms with Gasteiger partial charge in [0, 0.05) is 11.5 Å². The molecular weight excluding hydrogens is 581 g/mol. The average molecular weight is 611 g/mol. The van der Waals surface area contributed by atoms with Gasteiger partial charge in [-0.2, -0.15) is 0 Å². The number of alkyl carbamates (subject to hydrolysis) is 1. The van der Waals surface area contributed by atoms with E-state index in [2.05, 4.69) is 14.9 Å². The molecule has 0 aliphatic carbocycles. The molecule has 0 unspecified atom stereocenters. The van der Waals surface area contributed by atoms with Crippen LogP contribution in [-0.2, 0) is 19.1 Å². The van der Waals surface area contributed by atoms with E-state index in [4.69, 9.17) is 9.47 Å². The van der Waals surface area contributed by atoms with Gasteiger partial charge in [-0.25, -0.2) is 9.59 Å². The Hall–Kier alpha value is -3.35. The Morgan fingerprint density at radius 3 is 2.34 bits per heavy atom. The number of fused-ring (bicyclic) bond motifs is 1. The third kappa shape index (κ3) is 6.94. The summed E-state index contributed by atoms with van der Waals surface area (Å²) in [6.07, 6.45) is 0.956. The molecule has 1 aromatic heterocycles. The number of β-lactam (4-membered cyclic amide) rings is 1. The Balaban J connectivity index is 1.41. The van der Waals surface area contributed by atoms with Crippen LogP contribution < -0.4 is 5.32 Å². The van der Waals surface area contributed by atoms with Crippen molar-refractivity contribution in [2.75, 3.05) is 11.5 Å². The van der Waals surface area contributed by atoms with Crippen LogP contribution in [-0.4, -0.2) is 61.0 Å². The Morgan fingerprint density at radius 1 is 1.10 bits per heavy atom. The first-order valence-corrected chi connectivity index (χ1v) is 15.9. The third-order valence-electron chi connectivity index (χ3n) is 6.33. The minimum Gasteiger partial charge on any atom is -0.448 e. The lowest BCUT2D eigenvalue weighted by Crippen LogP contribution is -2.70. The first-order valence-electron chi connectivity index (χ1n) is 13.1. The topological polar surface area (TPSA) is 111 Å². The molecular formula is C29H30N4O5S3. The third-order valence-corrected chi connectivity index (χ3v) is 9.51. The molecule has 2 aliphatic heterocycles. The second-order valence-electron chi connectivity index (χ2n) is 10.4. The summed E-state index contributed by atoms with van der Waals surface area (Å²) in [5, 5.41) is 6.12. The zero-order valence-electron chi connectivity index (χ0n) is 22.8. The zero-order chi connectivity index (χ0) is 29.0. The van der Waals surface area contributed by atoms with Gasteiger partial charge in [-0.3, -0.25) is 9.69 Å². The number of esters is 1. The van der Waals surface area contributed by atoms with Crippen LogP contribution in [0.4, 0.5) is 4.79 Å². The Bertz CT molecular complexity index is 1370. The van der Waals surface area contributed by atoms with E-state index in [-0.39, 0.29) is 11.6 Å². The lowest BCUT2D eigenvalue weighted by atomic mass is 10.00. The van der Waals surface area contributed by atoms with E-state index in [1.54, 1.807) is 38.7 Å². The molecule has 3 aromatic rings. The number of aromatic nitrogens is 2. The van der Waals surface area contributed by atoms with E-state index in [0.29, 0.717) is 17.9 Å².